The summed E-state index contributed by atoms with van der Waals surface area (Å²) in [5.41, 5.74) is 1.16. The first-order valence-electron chi connectivity index (χ1n) is 6.69. The highest BCUT2D eigenvalue weighted by molar-refractivity contribution is 5.33. The van der Waals surface area contributed by atoms with Crippen molar-refractivity contribution in [2.75, 3.05) is 33.5 Å². The van der Waals surface area contributed by atoms with Crippen LogP contribution in [0, 0.1) is 10.1 Å². The third kappa shape index (κ3) is 6.10. The smallest absolute Gasteiger partial charge is 0.269 e. The first-order chi connectivity index (χ1) is 9.65. The largest absolute Gasteiger partial charge is 0.382 e. The van der Waals surface area contributed by atoms with Crippen LogP contribution in [0.1, 0.15) is 24.9 Å². The topological polar surface area (TPSA) is 73.6 Å². The Kier molecular flexibility index (Phi) is 7.79. The second kappa shape index (κ2) is 9.41. The standard InChI is InChI=1S/C14H22N2O4/c1-12(15-8-3-9-20-11-10-19-2)13-4-6-14(7-5-13)16(17)18/h4-7,12,15H,3,8-11H2,1-2H3. The molecule has 0 aliphatic rings. The lowest BCUT2D eigenvalue weighted by Crippen LogP contribution is -2.21. The zero-order valence-corrected chi connectivity index (χ0v) is 12.0. The minimum absolute atomic E-state index is 0.118. The zero-order chi connectivity index (χ0) is 14.8. The van der Waals surface area contributed by atoms with Crippen LogP contribution in [-0.2, 0) is 9.47 Å². The molecule has 0 saturated heterocycles. The van der Waals surface area contributed by atoms with E-state index in [0.29, 0.717) is 19.8 Å². The molecule has 1 aromatic rings. The molecule has 0 bridgehead atoms. The third-order valence-corrected chi connectivity index (χ3v) is 2.95. The second-order valence-electron chi connectivity index (χ2n) is 4.48. The van der Waals surface area contributed by atoms with Crippen LogP contribution >= 0.6 is 0 Å². The van der Waals surface area contributed by atoms with Crippen LogP contribution in [0.15, 0.2) is 24.3 Å². The average Bonchev–Trinajstić information content (AvgIpc) is 2.46. The van der Waals surface area contributed by atoms with Crippen LogP contribution in [0.2, 0.25) is 0 Å². The van der Waals surface area contributed by atoms with Gasteiger partial charge < -0.3 is 14.8 Å². The molecule has 1 atom stereocenters. The van der Waals surface area contributed by atoms with Crippen LogP contribution < -0.4 is 5.32 Å². The van der Waals surface area contributed by atoms with E-state index in [9.17, 15) is 10.1 Å². The molecule has 0 amide bonds. The Bertz CT molecular complexity index is 395. The van der Waals surface area contributed by atoms with Gasteiger partial charge in [0.1, 0.15) is 0 Å². The van der Waals surface area contributed by atoms with E-state index in [1.807, 2.05) is 6.92 Å². The Morgan fingerprint density at radius 1 is 1.25 bits per heavy atom. The van der Waals surface area contributed by atoms with E-state index in [0.717, 1.165) is 18.5 Å². The van der Waals surface area contributed by atoms with E-state index < -0.39 is 0 Å². The molecule has 0 heterocycles. The number of nitrogens with one attached hydrogen (secondary N) is 1. The summed E-state index contributed by atoms with van der Waals surface area (Å²) in [7, 11) is 1.65. The van der Waals surface area contributed by atoms with E-state index in [2.05, 4.69) is 5.32 Å². The quantitative estimate of drug-likeness (QED) is 0.405. The minimum Gasteiger partial charge on any atom is -0.382 e. The van der Waals surface area contributed by atoms with E-state index in [-0.39, 0.29) is 16.7 Å². The summed E-state index contributed by atoms with van der Waals surface area (Å²) in [5.74, 6) is 0. The molecule has 0 spiro atoms. The Balaban J connectivity index is 2.22. The maximum Gasteiger partial charge on any atom is 0.269 e. The SMILES string of the molecule is COCCOCCCNC(C)c1ccc([N+](=O)[O-])cc1. The molecule has 1 rings (SSSR count). The summed E-state index contributed by atoms with van der Waals surface area (Å²) in [6, 6.07) is 6.79. The van der Waals surface area contributed by atoms with Gasteiger partial charge in [0, 0.05) is 31.9 Å². The number of hydrogen-bond donors (Lipinski definition) is 1. The van der Waals surface area contributed by atoms with Gasteiger partial charge in [-0.3, -0.25) is 10.1 Å². The van der Waals surface area contributed by atoms with Gasteiger partial charge in [-0.1, -0.05) is 12.1 Å². The number of non-ortho nitro benzene ring substituents is 1. The number of nitrogens with zero attached hydrogens (tertiary/aromatic N) is 1. The van der Waals surface area contributed by atoms with Gasteiger partial charge in [-0.05, 0) is 25.5 Å². The predicted octanol–water partition coefficient (Wildman–Crippen LogP) is 2.30. The molecule has 0 fully saturated rings. The van der Waals surface area contributed by atoms with Crippen LogP contribution in [-0.4, -0.2) is 38.4 Å². The van der Waals surface area contributed by atoms with Gasteiger partial charge in [0.25, 0.3) is 5.69 Å². The predicted molar refractivity (Wildman–Crippen MR) is 76.8 cm³/mol. The molecule has 0 aromatic heterocycles. The molecule has 0 aliphatic carbocycles. The normalized spacial score (nSPS) is 12.3. The van der Waals surface area contributed by atoms with Crippen LogP contribution in [0.3, 0.4) is 0 Å². The summed E-state index contributed by atoms with van der Waals surface area (Å²) in [6.07, 6.45) is 0.918. The zero-order valence-electron chi connectivity index (χ0n) is 12.0. The maximum absolute atomic E-state index is 10.6. The molecule has 0 radical (unpaired) electrons. The van der Waals surface area contributed by atoms with E-state index in [1.165, 1.54) is 12.1 Å². The molecule has 6 nitrogen and oxygen atoms in total. The Hall–Kier alpha value is -1.50. The van der Waals surface area contributed by atoms with Gasteiger partial charge in [0.2, 0.25) is 0 Å². The van der Waals surface area contributed by atoms with Gasteiger partial charge in [-0.15, -0.1) is 0 Å². The number of methoxy groups -OCH3 is 1. The summed E-state index contributed by atoms with van der Waals surface area (Å²) in [5, 5.41) is 13.9. The van der Waals surface area contributed by atoms with Crippen molar-refractivity contribution >= 4 is 5.69 Å². The van der Waals surface area contributed by atoms with Crippen molar-refractivity contribution in [1.29, 1.82) is 0 Å². The third-order valence-electron chi connectivity index (χ3n) is 2.95. The number of rotatable bonds is 10. The molecule has 0 saturated carbocycles. The van der Waals surface area contributed by atoms with Gasteiger partial charge in [0.15, 0.2) is 0 Å². The molecule has 1 N–H and O–H groups in total. The van der Waals surface area contributed by atoms with Crippen LogP contribution in [0.5, 0.6) is 0 Å². The molecule has 20 heavy (non-hydrogen) atoms. The Labute approximate surface area is 119 Å². The summed E-state index contributed by atoms with van der Waals surface area (Å²) < 4.78 is 10.2. The van der Waals surface area contributed by atoms with E-state index in [1.54, 1.807) is 19.2 Å². The molecule has 6 heteroatoms. The van der Waals surface area contributed by atoms with Gasteiger partial charge in [-0.25, -0.2) is 0 Å². The Morgan fingerprint density at radius 2 is 1.95 bits per heavy atom. The number of ether oxygens (including phenoxy) is 2. The first-order valence-corrected chi connectivity index (χ1v) is 6.69. The second-order valence-corrected chi connectivity index (χ2v) is 4.48. The number of nitro benzene ring substituents is 1. The van der Waals surface area contributed by atoms with Crippen molar-refractivity contribution in [3.63, 3.8) is 0 Å². The molecule has 112 valence electrons. The monoisotopic (exact) mass is 282 g/mol. The van der Waals surface area contributed by atoms with Crippen LogP contribution in [0.4, 0.5) is 5.69 Å². The van der Waals surface area contributed by atoms with Crippen molar-refractivity contribution in [2.24, 2.45) is 0 Å². The van der Waals surface area contributed by atoms with Gasteiger partial charge in [0.05, 0.1) is 18.1 Å². The lowest BCUT2D eigenvalue weighted by Gasteiger charge is -2.14. The fourth-order valence-electron chi connectivity index (χ4n) is 1.74. The van der Waals surface area contributed by atoms with Crippen LogP contribution in [0.25, 0.3) is 0 Å². The summed E-state index contributed by atoms with van der Waals surface area (Å²) in [4.78, 5) is 10.2. The Morgan fingerprint density at radius 3 is 2.55 bits per heavy atom. The fourth-order valence-corrected chi connectivity index (χ4v) is 1.74. The van der Waals surface area contributed by atoms with Crippen molar-refractivity contribution < 1.29 is 14.4 Å². The molecule has 0 aliphatic heterocycles. The van der Waals surface area contributed by atoms with Crippen molar-refractivity contribution in [2.45, 2.75) is 19.4 Å². The number of nitro groups is 1. The maximum atomic E-state index is 10.6. The lowest BCUT2D eigenvalue weighted by molar-refractivity contribution is -0.384. The van der Waals surface area contributed by atoms with Crippen molar-refractivity contribution in [1.82, 2.24) is 5.32 Å². The molecular formula is C14H22N2O4. The lowest BCUT2D eigenvalue weighted by atomic mass is 10.1. The van der Waals surface area contributed by atoms with Gasteiger partial charge in [-0.2, -0.15) is 0 Å². The highest BCUT2D eigenvalue weighted by Gasteiger charge is 2.08. The van der Waals surface area contributed by atoms with Crippen molar-refractivity contribution in [3.05, 3.63) is 39.9 Å². The van der Waals surface area contributed by atoms with Gasteiger partial charge >= 0.3 is 0 Å². The number of hydrogen-bond acceptors (Lipinski definition) is 5. The van der Waals surface area contributed by atoms with Crippen molar-refractivity contribution in [3.8, 4) is 0 Å². The average molecular weight is 282 g/mol. The highest BCUT2D eigenvalue weighted by atomic mass is 16.6. The summed E-state index contributed by atoms with van der Waals surface area (Å²) >= 11 is 0. The summed E-state index contributed by atoms with van der Waals surface area (Å²) in [6.45, 7) is 4.81. The fraction of sp³-hybridized carbons (Fsp3) is 0.571. The van der Waals surface area contributed by atoms with E-state index >= 15 is 0 Å². The molecule has 1 aromatic carbocycles. The first kappa shape index (κ1) is 16.6. The molecular weight excluding hydrogens is 260 g/mol. The number of benzene rings is 1. The minimum atomic E-state index is -0.390. The highest BCUT2D eigenvalue weighted by Crippen LogP contribution is 2.17. The van der Waals surface area contributed by atoms with E-state index in [4.69, 9.17) is 9.47 Å². The molecule has 1 unspecified atom stereocenters.